The molecule has 1 aliphatic rings. The van der Waals surface area contributed by atoms with E-state index < -0.39 is 11.7 Å². The zero-order valence-electron chi connectivity index (χ0n) is 13.4. The largest absolute Gasteiger partial charge is 0.444 e. The number of ether oxygens (including phenoxy) is 1. The lowest BCUT2D eigenvalue weighted by Gasteiger charge is -2.28. The highest BCUT2D eigenvalue weighted by Gasteiger charge is 2.18. The summed E-state index contributed by atoms with van der Waals surface area (Å²) >= 11 is 6.06. The number of halogens is 1. The standard InChI is InChI=1S/C16H24ClN3O2/c1-16(2,3)22-15(21)19-14-10-13(17)5-4-12(14)11-20-8-6-18-7-9-20/h4-5,10,18H,6-9,11H2,1-3H3,(H,19,21). The van der Waals surface area contributed by atoms with Gasteiger partial charge in [0.05, 0.1) is 0 Å². The third kappa shape index (κ3) is 5.48. The summed E-state index contributed by atoms with van der Waals surface area (Å²) in [5, 5.41) is 6.73. The molecule has 1 fully saturated rings. The summed E-state index contributed by atoms with van der Waals surface area (Å²) in [7, 11) is 0. The average molecular weight is 326 g/mol. The average Bonchev–Trinajstić information content (AvgIpc) is 2.41. The van der Waals surface area contributed by atoms with E-state index >= 15 is 0 Å². The molecular formula is C16H24ClN3O2. The van der Waals surface area contributed by atoms with Crippen LogP contribution in [0.5, 0.6) is 0 Å². The van der Waals surface area contributed by atoms with Gasteiger partial charge in [-0.1, -0.05) is 17.7 Å². The fourth-order valence-electron chi connectivity index (χ4n) is 2.33. The van der Waals surface area contributed by atoms with Crippen molar-refractivity contribution in [2.45, 2.75) is 32.9 Å². The maximum absolute atomic E-state index is 12.0. The fraction of sp³-hybridized carbons (Fsp3) is 0.562. The van der Waals surface area contributed by atoms with Gasteiger partial charge in [0, 0.05) is 43.4 Å². The summed E-state index contributed by atoms with van der Waals surface area (Å²) in [5.74, 6) is 0. The molecule has 1 aromatic rings. The highest BCUT2D eigenvalue weighted by molar-refractivity contribution is 6.31. The summed E-state index contributed by atoms with van der Waals surface area (Å²) in [6, 6.07) is 5.57. The van der Waals surface area contributed by atoms with Crippen LogP contribution >= 0.6 is 11.6 Å². The van der Waals surface area contributed by atoms with E-state index in [4.69, 9.17) is 16.3 Å². The zero-order valence-corrected chi connectivity index (χ0v) is 14.2. The quantitative estimate of drug-likeness (QED) is 0.896. The molecule has 5 nitrogen and oxygen atoms in total. The first-order valence-electron chi connectivity index (χ1n) is 7.55. The molecule has 1 amide bonds. The molecular weight excluding hydrogens is 302 g/mol. The van der Waals surface area contributed by atoms with Gasteiger partial charge < -0.3 is 10.1 Å². The van der Waals surface area contributed by atoms with Gasteiger partial charge in [-0.05, 0) is 38.5 Å². The Kier molecular flexibility index (Phi) is 5.67. The number of nitrogens with zero attached hydrogens (tertiary/aromatic N) is 1. The van der Waals surface area contributed by atoms with Crippen LogP contribution in [0, 0.1) is 0 Å². The molecule has 1 saturated heterocycles. The van der Waals surface area contributed by atoms with Crippen molar-refractivity contribution in [1.82, 2.24) is 10.2 Å². The Morgan fingerprint density at radius 2 is 2.05 bits per heavy atom. The van der Waals surface area contributed by atoms with Crippen LogP contribution in [0.4, 0.5) is 10.5 Å². The first-order valence-corrected chi connectivity index (χ1v) is 7.93. The molecule has 22 heavy (non-hydrogen) atoms. The second kappa shape index (κ2) is 7.31. The molecule has 0 bridgehead atoms. The van der Waals surface area contributed by atoms with Gasteiger partial charge in [0.25, 0.3) is 0 Å². The van der Waals surface area contributed by atoms with Crippen LogP contribution in [0.25, 0.3) is 0 Å². The molecule has 1 aliphatic heterocycles. The number of carbonyl (C=O) groups is 1. The summed E-state index contributed by atoms with van der Waals surface area (Å²) in [4.78, 5) is 14.3. The van der Waals surface area contributed by atoms with Crippen molar-refractivity contribution in [1.29, 1.82) is 0 Å². The van der Waals surface area contributed by atoms with Gasteiger partial charge in [-0.15, -0.1) is 0 Å². The lowest BCUT2D eigenvalue weighted by atomic mass is 10.1. The molecule has 0 atom stereocenters. The maximum Gasteiger partial charge on any atom is 0.412 e. The van der Waals surface area contributed by atoms with Crippen LogP contribution in [0.1, 0.15) is 26.3 Å². The van der Waals surface area contributed by atoms with Crippen LogP contribution in [0.3, 0.4) is 0 Å². The fourth-order valence-corrected chi connectivity index (χ4v) is 2.50. The Balaban J connectivity index is 2.08. The molecule has 122 valence electrons. The Bertz CT molecular complexity index is 523. The van der Waals surface area contributed by atoms with Crippen molar-refractivity contribution in [2.24, 2.45) is 0 Å². The van der Waals surface area contributed by atoms with Crippen LogP contribution in [0.2, 0.25) is 5.02 Å². The summed E-state index contributed by atoms with van der Waals surface area (Å²) in [5.41, 5.74) is 1.22. The number of nitrogens with one attached hydrogen (secondary N) is 2. The Labute approximate surface area is 137 Å². The van der Waals surface area contributed by atoms with Crippen molar-refractivity contribution in [3.05, 3.63) is 28.8 Å². The van der Waals surface area contributed by atoms with E-state index in [1.807, 2.05) is 32.9 Å². The predicted molar refractivity (Wildman–Crippen MR) is 89.5 cm³/mol. The molecule has 0 aromatic heterocycles. The number of rotatable bonds is 3. The second-order valence-electron chi connectivity index (χ2n) is 6.45. The lowest BCUT2D eigenvalue weighted by Crippen LogP contribution is -2.43. The van der Waals surface area contributed by atoms with E-state index in [1.165, 1.54) is 0 Å². The predicted octanol–water partition coefficient (Wildman–Crippen LogP) is 3.09. The van der Waals surface area contributed by atoms with Gasteiger partial charge >= 0.3 is 6.09 Å². The first kappa shape index (κ1) is 17.1. The second-order valence-corrected chi connectivity index (χ2v) is 6.89. The first-order chi connectivity index (χ1) is 10.3. The minimum atomic E-state index is -0.526. The highest BCUT2D eigenvalue weighted by atomic mass is 35.5. The summed E-state index contributed by atoms with van der Waals surface area (Å²) in [6.07, 6.45) is -0.462. The van der Waals surface area contributed by atoms with Crippen molar-refractivity contribution in [3.8, 4) is 0 Å². The highest BCUT2D eigenvalue weighted by Crippen LogP contribution is 2.23. The number of hydrogen-bond acceptors (Lipinski definition) is 4. The molecule has 2 rings (SSSR count). The van der Waals surface area contributed by atoms with Gasteiger partial charge in [-0.3, -0.25) is 10.2 Å². The SMILES string of the molecule is CC(C)(C)OC(=O)Nc1cc(Cl)ccc1CN1CCNCC1. The van der Waals surface area contributed by atoms with Crippen molar-refractivity contribution in [3.63, 3.8) is 0 Å². The van der Waals surface area contributed by atoms with Gasteiger partial charge in [0.1, 0.15) is 5.60 Å². The van der Waals surface area contributed by atoms with Crippen molar-refractivity contribution < 1.29 is 9.53 Å². The van der Waals surface area contributed by atoms with Crippen LogP contribution in [-0.2, 0) is 11.3 Å². The van der Waals surface area contributed by atoms with Gasteiger partial charge in [-0.2, -0.15) is 0 Å². The molecule has 0 aliphatic carbocycles. The van der Waals surface area contributed by atoms with Gasteiger partial charge in [0.2, 0.25) is 0 Å². The minimum absolute atomic E-state index is 0.462. The number of piperazine rings is 1. The van der Waals surface area contributed by atoms with E-state index in [2.05, 4.69) is 15.5 Å². The third-order valence-corrected chi connectivity index (χ3v) is 3.55. The minimum Gasteiger partial charge on any atom is -0.444 e. The molecule has 0 radical (unpaired) electrons. The maximum atomic E-state index is 12.0. The summed E-state index contributed by atoms with van der Waals surface area (Å²) < 4.78 is 5.31. The van der Waals surface area contributed by atoms with Crippen LogP contribution < -0.4 is 10.6 Å². The smallest absolute Gasteiger partial charge is 0.412 e. The summed E-state index contributed by atoms with van der Waals surface area (Å²) in [6.45, 7) is 10.3. The van der Waals surface area contributed by atoms with E-state index in [9.17, 15) is 4.79 Å². The molecule has 6 heteroatoms. The van der Waals surface area contributed by atoms with Crippen LogP contribution in [0.15, 0.2) is 18.2 Å². The molecule has 1 heterocycles. The lowest BCUT2D eigenvalue weighted by molar-refractivity contribution is 0.0635. The van der Waals surface area contributed by atoms with Gasteiger partial charge in [-0.25, -0.2) is 4.79 Å². The number of anilines is 1. The molecule has 1 aromatic carbocycles. The topological polar surface area (TPSA) is 53.6 Å². The Morgan fingerprint density at radius 3 is 2.68 bits per heavy atom. The van der Waals surface area contributed by atoms with Crippen molar-refractivity contribution >= 4 is 23.4 Å². The number of amides is 1. The molecule has 0 saturated carbocycles. The van der Waals surface area contributed by atoms with Gasteiger partial charge in [0.15, 0.2) is 0 Å². The number of benzene rings is 1. The van der Waals surface area contributed by atoms with E-state index in [-0.39, 0.29) is 0 Å². The normalized spacial score (nSPS) is 16.4. The third-order valence-electron chi connectivity index (χ3n) is 3.31. The molecule has 0 unspecified atom stereocenters. The van der Waals surface area contributed by atoms with E-state index in [1.54, 1.807) is 6.07 Å². The monoisotopic (exact) mass is 325 g/mol. The molecule has 2 N–H and O–H groups in total. The van der Waals surface area contributed by atoms with E-state index in [0.717, 1.165) is 38.3 Å². The number of hydrogen-bond donors (Lipinski definition) is 2. The van der Waals surface area contributed by atoms with Crippen LogP contribution in [-0.4, -0.2) is 42.8 Å². The Morgan fingerprint density at radius 1 is 1.36 bits per heavy atom. The van der Waals surface area contributed by atoms with Crippen molar-refractivity contribution in [2.75, 3.05) is 31.5 Å². The number of carbonyl (C=O) groups excluding carboxylic acids is 1. The Hall–Kier alpha value is -1.30. The zero-order chi connectivity index (χ0) is 16.2. The molecule has 0 spiro atoms. The van der Waals surface area contributed by atoms with E-state index in [0.29, 0.717) is 10.7 Å².